The molecule has 16 heavy (non-hydrogen) atoms. The Bertz CT molecular complexity index is 219. The highest BCUT2D eigenvalue weighted by Gasteiger charge is 2.21. The Morgan fingerprint density at radius 3 is 3.06 bits per heavy atom. The zero-order valence-corrected chi connectivity index (χ0v) is 9.91. The van der Waals surface area contributed by atoms with Crippen molar-refractivity contribution in [2.75, 3.05) is 39.4 Å². The molecule has 0 spiro atoms. The summed E-state index contributed by atoms with van der Waals surface area (Å²) in [5, 5.41) is 3.32. The lowest BCUT2D eigenvalue weighted by atomic mass is 9.98. The van der Waals surface area contributed by atoms with E-state index in [1.807, 2.05) is 4.90 Å². The lowest BCUT2D eigenvalue weighted by Crippen LogP contribution is -2.36. The van der Waals surface area contributed by atoms with Gasteiger partial charge in [0.15, 0.2) is 0 Å². The van der Waals surface area contributed by atoms with E-state index in [2.05, 4.69) is 5.32 Å². The summed E-state index contributed by atoms with van der Waals surface area (Å²) in [5.74, 6) is 0.775. The molecule has 0 aromatic carbocycles. The predicted molar refractivity (Wildman–Crippen MR) is 62.2 cm³/mol. The number of amides is 1. The molecule has 2 fully saturated rings. The number of nitrogens with zero attached hydrogens (tertiary/aromatic N) is 1. The topological polar surface area (TPSA) is 41.6 Å². The highest BCUT2D eigenvalue weighted by atomic mass is 16.5. The van der Waals surface area contributed by atoms with Gasteiger partial charge in [-0.05, 0) is 31.7 Å². The zero-order chi connectivity index (χ0) is 11.2. The van der Waals surface area contributed by atoms with Gasteiger partial charge in [0.25, 0.3) is 0 Å². The molecule has 2 saturated heterocycles. The second-order valence-electron chi connectivity index (χ2n) is 4.77. The van der Waals surface area contributed by atoms with Crippen molar-refractivity contribution in [3.8, 4) is 0 Å². The minimum absolute atomic E-state index is 0.319. The van der Waals surface area contributed by atoms with E-state index < -0.39 is 0 Å². The van der Waals surface area contributed by atoms with Crippen molar-refractivity contribution in [1.29, 1.82) is 0 Å². The van der Waals surface area contributed by atoms with Crippen LogP contribution in [0.3, 0.4) is 0 Å². The number of carbonyl (C=O) groups is 1. The van der Waals surface area contributed by atoms with Crippen molar-refractivity contribution in [2.45, 2.75) is 25.7 Å². The fourth-order valence-corrected chi connectivity index (χ4v) is 2.44. The van der Waals surface area contributed by atoms with Gasteiger partial charge in [-0.25, -0.2) is 0 Å². The Balaban J connectivity index is 1.76. The summed E-state index contributed by atoms with van der Waals surface area (Å²) in [4.78, 5) is 14.1. The SMILES string of the molecule is O=C(C[C@H]1CCCOC1)N1CCCNCC1. The van der Waals surface area contributed by atoms with E-state index in [4.69, 9.17) is 4.74 Å². The van der Waals surface area contributed by atoms with Crippen LogP contribution >= 0.6 is 0 Å². The summed E-state index contributed by atoms with van der Waals surface area (Å²) in [7, 11) is 0. The van der Waals surface area contributed by atoms with Gasteiger partial charge in [-0.1, -0.05) is 0 Å². The third-order valence-electron chi connectivity index (χ3n) is 3.41. The molecule has 2 rings (SSSR count). The Morgan fingerprint density at radius 2 is 2.25 bits per heavy atom. The van der Waals surface area contributed by atoms with Gasteiger partial charge in [-0.15, -0.1) is 0 Å². The molecule has 1 atom stereocenters. The molecular formula is C12H22N2O2. The summed E-state index contributed by atoms with van der Waals surface area (Å²) < 4.78 is 5.41. The van der Waals surface area contributed by atoms with Crippen LogP contribution in [0.25, 0.3) is 0 Å². The highest BCUT2D eigenvalue weighted by Crippen LogP contribution is 2.18. The van der Waals surface area contributed by atoms with Gasteiger partial charge in [0.1, 0.15) is 0 Å². The quantitative estimate of drug-likeness (QED) is 0.750. The Labute approximate surface area is 97.3 Å². The Hall–Kier alpha value is -0.610. The van der Waals surface area contributed by atoms with Crippen molar-refractivity contribution in [3.63, 3.8) is 0 Å². The van der Waals surface area contributed by atoms with Crippen LogP contribution in [0.15, 0.2) is 0 Å². The first kappa shape index (κ1) is 11.9. The summed E-state index contributed by atoms with van der Waals surface area (Å²) in [6.07, 6.45) is 4.02. The van der Waals surface area contributed by atoms with Crippen molar-refractivity contribution in [1.82, 2.24) is 10.2 Å². The van der Waals surface area contributed by atoms with Gasteiger partial charge in [0, 0.05) is 39.3 Å². The van der Waals surface area contributed by atoms with Gasteiger partial charge in [0.05, 0.1) is 0 Å². The summed E-state index contributed by atoms with van der Waals surface area (Å²) in [6.45, 7) is 5.41. The molecule has 4 nitrogen and oxygen atoms in total. The molecule has 1 N–H and O–H groups in total. The average Bonchev–Trinajstić information content (AvgIpc) is 2.59. The Kier molecular flexibility index (Phi) is 4.60. The molecule has 0 radical (unpaired) electrons. The minimum atomic E-state index is 0.319. The van der Waals surface area contributed by atoms with E-state index in [0.717, 1.165) is 58.7 Å². The van der Waals surface area contributed by atoms with Crippen molar-refractivity contribution >= 4 is 5.91 Å². The number of rotatable bonds is 2. The summed E-state index contributed by atoms with van der Waals surface area (Å²) in [5.41, 5.74) is 0. The number of carbonyl (C=O) groups excluding carboxylic acids is 1. The number of hydrogen-bond donors (Lipinski definition) is 1. The third kappa shape index (κ3) is 3.46. The maximum atomic E-state index is 12.1. The molecule has 1 amide bonds. The maximum Gasteiger partial charge on any atom is 0.222 e. The van der Waals surface area contributed by atoms with E-state index in [-0.39, 0.29) is 0 Å². The first-order chi connectivity index (χ1) is 7.86. The maximum absolute atomic E-state index is 12.1. The fraction of sp³-hybridized carbons (Fsp3) is 0.917. The van der Waals surface area contributed by atoms with Crippen LogP contribution in [0.4, 0.5) is 0 Å². The van der Waals surface area contributed by atoms with E-state index in [1.165, 1.54) is 0 Å². The highest BCUT2D eigenvalue weighted by molar-refractivity contribution is 5.76. The molecule has 0 aromatic heterocycles. The molecule has 0 saturated carbocycles. The summed E-state index contributed by atoms with van der Waals surface area (Å²) >= 11 is 0. The van der Waals surface area contributed by atoms with E-state index in [0.29, 0.717) is 18.2 Å². The molecule has 4 heteroatoms. The molecule has 0 unspecified atom stereocenters. The average molecular weight is 226 g/mol. The molecule has 2 aliphatic rings. The molecule has 92 valence electrons. The van der Waals surface area contributed by atoms with E-state index in [9.17, 15) is 4.79 Å². The standard InChI is InChI=1S/C12H22N2O2/c15-12(9-11-3-1-8-16-10-11)14-6-2-4-13-5-7-14/h11,13H,1-10H2/t11-/m1/s1. The van der Waals surface area contributed by atoms with Gasteiger partial charge in [-0.2, -0.15) is 0 Å². The van der Waals surface area contributed by atoms with E-state index >= 15 is 0 Å². The fourth-order valence-electron chi connectivity index (χ4n) is 2.44. The largest absolute Gasteiger partial charge is 0.381 e. The molecule has 2 aliphatic heterocycles. The lowest BCUT2D eigenvalue weighted by molar-refractivity contribution is -0.133. The summed E-state index contributed by atoms with van der Waals surface area (Å²) in [6, 6.07) is 0. The van der Waals surface area contributed by atoms with Crippen LogP contribution in [-0.4, -0.2) is 50.2 Å². The number of ether oxygens (including phenoxy) is 1. The third-order valence-corrected chi connectivity index (χ3v) is 3.41. The normalized spacial score (nSPS) is 27.5. The molecule has 2 heterocycles. The zero-order valence-electron chi connectivity index (χ0n) is 9.91. The second-order valence-corrected chi connectivity index (χ2v) is 4.77. The van der Waals surface area contributed by atoms with Crippen LogP contribution in [0, 0.1) is 5.92 Å². The lowest BCUT2D eigenvalue weighted by Gasteiger charge is -2.25. The van der Waals surface area contributed by atoms with Crippen LogP contribution in [0.2, 0.25) is 0 Å². The van der Waals surface area contributed by atoms with Crippen LogP contribution in [-0.2, 0) is 9.53 Å². The Morgan fingerprint density at radius 1 is 1.31 bits per heavy atom. The van der Waals surface area contributed by atoms with Gasteiger partial charge in [-0.3, -0.25) is 4.79 Å². The van der Waals surface area contributed by atoms with Crippen LogP contribution in [0.1, 0.15) is 25.7 Å². The first-order valence-corrected chi connectivity index (χ1v) is 6.42. The van der Waals surface area contributed by atoms with Crippen molar-refractivity contribution in [2.24, 2.45) is 5.92 Å². The number of hydrogen-bond acceptors (Lipinski definition) is 3. The molecule has 0 bridgehead atoms. The van der Waals surface area contributed by atoms with Crippen molar-refractivity contribution in [3.05, 3.63) is 0 Å². The van der Waals surface area contributed by atoms with Gasteiger partial charge >= 0.3 is 0 Å². The molecular weight excluding hydrogens is 204 g/mol. The smallest absolute Gasteiger partial charge is 0.222 e. The van der Waals surface area contributed by atoms with Crippen LogP contribution < -0.4 is 5.32 Å². The predicted octanol–water partition coefficient (Wildman–Crippen LogP) is 0.625. The number of nitrogens with one attached hydrogen (secondary N) is 1. The monoisotopic (exact) mass is 226 g/mol. The van der Waals surface area contributed by atoms with Crippen molar-refractivity contribution < 1.29 is 9.53 Å². The first-order valence-electron chi connectivity index (χ1n) is 6.42. The second kappa shape index (κ2) is 6.21. The van der Waals surface area contributed by atoms with E-state index in [1.54, 1.807) is 0 Å². The molecule has 0 aliphatic carbocycles. The van der Waals surface area contributed by atoms with Crippen LogP contribution in [0.5, 0.6) is 0 Å². The van der Waals surface area contributed by atoms with Gasteiger partial charge in [0.2, 0.25) is 5.91 Å². The van der Waals surface area contributed by atoms with Gasteiger partial charge < -0.3 is 15.0 Å². The molecule has 0 aromatic rings. The minimum Gasteiger partial charge on any atom is -0.381 e.